The predicted molar refractivity (Wildman–Crippen MR) is 129 cm³/mol. The van der Waals surface area contributed by atoms with Crippen molar-refractivity contribution < 1.29 is 4.74 Å². The van der Waals surface area contributed by atoms with Gasteiger partial charge in [-0.15, -0.1) is 24.0 Å². The van der Waals surface area contributed by atoms with Crippen LogP contribution in [0.1, 0.15) is 52.2 Å². The van der Waals surface area contributed by atoms with Crippen LogP contribution in [-0.4, -0.2) is 71.5 Å². The minimum absolute atomic E-state index is 0. The molecule has 9 heteroatoms. The summed E-state index contributed by atoms with van der Waals surface area (Å²) in [5.74, 6) is 3.35. The maximum Gasteiger partial charge on any atom is 0.191 e. The van der Waals surface area contributed by atoms with Gasteiger partial charge in [0.1, 0.15) is 12.4 Å². The number of fused-ring (bicyclic) bond motifs is 1. The molecule has 2 heterocycles. The van der Waals surface area contributed by atoms with Crippen molar-refractivity contribution in [3.63, 3.8) is 0 Å². The van der Waals surface area contributed by atoms with E-state index in [1.807, 2.05) is 11.7 Å². The molecule has 0 radical (unpaired) electrons. The van der Waals surface area contributed by atoms with Crippen molar-refractivity contribution in [2.24, 2.45) is 10.9 Å². The highest BCUT2D eigenvalue weighted by atomic mass is 127. The molecule has 29 heavy (non-hydrogen) atoms. The van der Waals surface area contributed by atoms with Crippen LogP contribution >= 0.6 is 24.0 Å². The van der Waals surface area contributed by atoms with E-state index in [0.29, 0.717) is 24.6 Å². The second-order valence-corrected chi connectivity index (χ2v) is 7.90. The summed E-state index contributed by atoms with van der Waals surface area (Å²) in [6, 6.07) is 0.811. The summed E-state index contributed by atoms with van der Waals surface area (Å²) in [5, 5.41) is 11.7. The number of methoxy groups -OCH3 is 1. The van der Waals surface area contributed by atoms with Crippen molar-refractivity contribution in [2.75, 3.05) is 33.8 Å². The molecular weight excluding hydrogens is 481 g/mol. The Labute approximate surface area is 193 Å². The van der Waals surface area contributed by atoms with Crippen LogP contribution < -0.4 is 10.6 Å². The van der Waals surface area contributed by atoms with E-state index in [1.165, 1.54) is 6.42 Å². The highest BCUT2D eigenvalue weighted by Gasteiger charge is 2.23. The van der Waals surface area contributed by atoms with Gasteiger partial charge in [0, 0.05) is 39.2 Å². The maximum absolute atomic E-state index is 5.15. The highest BCUT2D eigenvalue weighted by molar-refractivity contribution is 14.0. The topological polar surface area (TPSA) is 79.6 Å². The first-order chi connectivity index (χ1) is 13.5. The van der Waals surface area contributed by atoms with Gasteiger partial charge in [-0.2, -0.15) is 5.10 Å². The number of aromatic nitrogens is 3. The van der Waals surface area contributed by atoms with E-state index in [2.05, 4.69) is 58.3 Å². The Morgan fingerprint density at radius 2 is 2.07 bits per heavy atom. The zero-order valence-electron chi connectivity index (χ0n) is 18.9. The second-order valence-electron chi connectivity index (χ2n) is 7.90. The monoisotopic (exact) mass is 521 g/mol. The number of nitrogens with zero attached hydrogens (tertiary/aromatic N) is 5. The number of rotatable bonds is 10. The number of aryl methyl sites for hydroxylation is 1. The molecule has 0 spiro atoms. The summed E-state index contributed by atoms with van der Waals surface area (Å²) < 4.78 is 7.15. The second kappa shape index (κ2) is 13.4. The number of guanidine groups is 1. The maximum atomic E-state index is 5.15. The van der Waals surface area contributed by atoms with Crippen LogP contribution in [0.3, 0.4) is 0 Å². The number of likely N-dealkylation sites (N-methyl/N-ethyl adjacent to an activating group) is 1. The molecule has 2 atom stereocenters. The number of hydrogen-bond acceptors (Lipinski definition) is 5. The summed E-state index contributed by atoms with van der Waals surface area (Å²) in [6.07, 6.45) is 3.12. The van der Waals surface area contributed by atoms with E-state index in [1.54, 1.807) is 7.11 Å². The molecule has 0 fully saturated rings. The number of aliphatic imine (C=N–C) groups is 1. The lowest BCUT2D eigenvalue weighted by molar-refractivity contribution is 0.177. The van der Waals surface area contributed by atoms with Crippen molar-refractivity contribution in [1.29, 1.82) is 0 Å². The normalized spacial score (nSPS) is 17.8. The summed E-state index contributed by atoms with van der Waals surface area (Å²) >= 11 is 0. The summed E-state index contributed by atoms with van der Waals surface area (Å²) in [7, 11) is 3.51. The Balaban J connectivity index is 0.00000420. The van der Waals surface area contributed by atoms with E-state index in [0.717, 1.165) is 56.6 Å². The molecule has 0 saturated heterocycles. The summed E-state index contributed by atoms with van der Waals surface area (Å²) in [5.41, 5.74) is 0. The minimum atomic E-state index is 0. The zero-order valence-corrected chi connectivity index (χ0v) is 21.3. The molecule has 2 N–H and O–H groups in total. The molecule has 0 aromatic carbocycles. The molecule has 0 saturated carbocycles. The van der Waals surface area contributed by atoms with Crippen molar-refractivity contribution in [1.82, 2.24) is 30.3 Å². The first kappa shape index (κ1) is 26.1. The summed E-state index contributed by atoms with van der Waals surface area (Å²) in [6.45, 7) is 13.4. The number of nitrogens with one attached hydrogen (secondary N) is 2. The Kier molecular flexibility index (Phi) is 12.0. The lowest BCUT2D eigenvalue weighted by Crippen LogP contribution is -2.51. The van der Waals surface area contributed by atoms with Crippen molar-refractivity contribution in [3.05, 3.63) is 11.6 Å². The average molecular weight is 521 g/mol. The number of halogens is 1. The quantitative estimate of drug-likeness (QED) is 0.280. The highest BCUT2D eigenvalue weighted by Crippen LogP contribution is 2.14. The Morgan fingerprint density at radius 3 is 2.66 bits per heavy atom. The standard InChI is InChI=1S/C20H39N7O.HI/c1-7-26(8-2)17(11-15(3)4)12-22-20(21-5)23-16-9-10-19-24-18(14-28-6)25-27(19)13-16;/h15-17H,7-14H2,1-6H3,(H2,21,22,23);1H. The van der Waals surface area contributed by atoms with E-state index < -0.39 is 0 Å². The van der Waals surface area contributed by atoms with Gasteiger partial charge in [-0.1, -0.05) is 27.7 Å². The fourth-order valence-electron chi connectivity index (χ4n) is 3.92. The number of hydrogen-bond donors (Lipinski definition) is 2. The fourth-order valence-corrected chi connectivity index (χ4v) is 3.92. The molecule has 8 nitrogen and oxygen atoms in total. The van der Waals surface area contributed by atoms with Gasteiger partial charge in [0.05, 0.1) is 6.54 Å². The third-order valence-electron chi connectivity index (χ3n) is 5.32. The van der Waals surface area contributed by atoms with Gasteiger partial charge < -0.3 is 15.4 Å². The Bertz CT molecular complexity index is 616. The van der Waals surface area contributed by atoms with Crippen LogP contribution in [0.25, 0.3) is 0 Å². The predicted octanol–water partition coefficient (Wildman–Crippen LogP) is 2.28. The Morgan fingerprint density at radius 1 is 1.34 bits per heavy atom. The van der Waals surface area contributed by atoms with Gasteiger partial charge in [-0.05, 0) is 31.8 Å². The molecular formula is C20H40IN7O. The van der Waals surface area contributed by atoms with E-state index in [9.17, 15) is 0 Å². The van der Waals surface area contributed by atoms with Crippen molar-refractivity contribution in [3.8, 4) is 0 Å². The largest absolute Gasteiger partial charge is 0.377 e. The molecule has 1 aliphatic rings. The lowest BCUT2D eigenvalue weighted by Gasteiger charge is -2.32. The average Bonchev–Trinajstić information content (AvgIpc) is 3.07. The van der Waals surface area contributed by atoms with Gasteiger partial charge in [0.2, 0.25) is 0 Å². The first-order valence-corrected chi connectivity index (χ1v) is 10.6. The van der Waals surface area contributed by atoms with E-state index in [-0.39, 0.29) is 24.0 Å². The molecule has 168 valence electrons. The van der Waals surface area contributed by atoms with Crippen LogP contribution in [0, 0.1) is 5.92 Å². The van der Waals surface area contributed by atoms with Crippen LogP contribution in [0.5, 0.6) is 0 Å². The van der Waals surface area contributed by atoms with E-state index >= 15 is 0 Å². The summed E-state index contributed by atoms with van der Waals surface area (Å²) in [4.78, 5) is 11.5. The van der Waals surface area contributed by atoms with Gasteiger partial charge in [-0.25, -0.2) is 9.67 Å². The number of ether oxygens (including phenoxy) is 1. The van der Waals surface area contributed by atoms with Crippen molar-refractivity contribution >= 4 is 29.9 Å². The van der Waals surface area contributed by atoms with Crippen LogP contribution in [0.4, 0.5) is 0 Å². The Hall–Kier alpha value is -0.940. The first-order valence-electron chi connectivity index (χ1n) is 10.6. The molecule has 0 amide bonds. The fraction of sp³-hybridized carbons (Fsp3) is 0.850. The third-order valence-corrected chi connectivity index (χ3v) is 5.32. The van der Waals surface area contributed by atoms with Crippen LogP contribution in [0.2, 0.25) is 0 Å². The molecule has 1 aliphatic heterocycles. The van der Waals surface area contributed by atoms with Gasteiger partial charge in [0.25, 0.3) is 0 Å². The molecule has 2 unspecified atom stereocenters. The zero-order chi connectivity index (χ0) is 20.5. The molecule has 2 rings (SSSR count). The van der Waals surface area contributed by atoms with Gasteiger partial charge >= 0.3 is 0 Å². The van der Waals surface area contributed by atoms with E-state index in [4.69, 9.17) is 4.74 Å². The van der Waals surface area contributed by atoms with Crippen LogP contribution in [0.15, 0.2) is 4.99 Å². The third kappa shape index (κ3) is 8.01. The molecule has 1 aromatic heterocycles. The van der Waals surface area contributed by atoms with Gasteiger partial charge in [0.15, 0.2) is 11.8 Å². The lowest BCUT2D eigenvalue weighted by atomic mass is 10.0. The SMILES string of the molecule is CCN(CC)C(CNC(=NC)NC1CCc2nc(COC)nn2C1)CC(C)C.I. The smallest absolute Gasteiger partial charge is 0.191 e. The van der Waals surface area contributed by atoms with Crippen molar-refractivity contribution in [2.45, 2.75) is 72.2 Å². The molecule has 0 aliphatic carbocycles. The minimum Gasteiger partial charge on any atom is -0.377 e. The molecule has 0 bridgehead atoms. The van der Waals surface area contributed by atoms with Crippen LogP contribution in [-0.2, 0) is 24.3 Å². The molecule has 1 aromatic rings. The van der Waals surface area contributed by atoms with Gasteiger partial charge in [-0.3, -0.25) is 9.89 Å².